The number of hydrogen-bond donors (Lipinski definition) is 0. The highest BCUT2D eigenvalue weighted by Crippen LogP contribution is 2.40. The Kier molecular flexibility index (Phi) is 6.16. The smallest absolute Gasteiger partial charge is 0.320 e. The fraction of sp³-hybridized carbons (Fsp3) is 0.556. The van der Waals surface area contributed by atoms with Gasteiger partial charge in [-0.2, -0.15) is 0 Å². The van der Waals surface area contributed by atoms with E-state index in [0.29, 0.717) is 13.0 Å². The molecule has 0 N–H and O–H groups in total. The van der Waals surface area contributed by atoms with E-state index < -0.39 is 17.9 Å². The summed E-state index contributed by atoms with van der Waals surface area (Å²) in [6.07, 6.45) is 0.329. The zero-order chi connectivity index (χ0) is 16.8. The molecule has 0 amide bonds. The van der Waals surface area contributed by atoms with Crippen LogP contribution < -0.4 is 0 Å². The van der Waals surface area contributed by atoms with Crippen molar-refractivity contribution in [1.29, 1.82) is 0 Å². The van der Waals surface area contributed by atoms with Gasteiger partial charge in [0.15, 0.2) is 5.92 Å². The van der Waals surface area contributed by atoms with Gasteiger partial charge in [-0.3, -0.25) is 9.59 Å². The van der Waals surface area contributed by atoms with Gasteiger partial charge in [0.1, 0.15) is 0 Å². The first-order valence-electron chi connectivity index (χ1n) is 8.09. The Labute approximate surface area is 136 Å². The van der Waals surface area contributed by atoms with Crippen LogP contribution in [0, 0.1) is 18.8 Å². The normalized spacial score (nSPS) is 20.5. The number of rotatable bonds is 6. The number of ether oxygens (including phenoxy) is 3. The molecular formula is C18H24O5. The molecule has 5 heteroatoms. The fourth-order valence-electron chi connectivity index (χ4n) is 2.96. The summed E-state index contributed by atoms with van der Waals surface area (Å²) in [5.41, 5.74) is 2.12. The standard InChI is InChI=1S/C18H24O5/c1-4-21-17(19)15(18(20)22-5-2)14-10-11-23-16(14)13-8-6-12(3)7-9-13/h6-9,14-16H,4-5,10-11H2,1-3H3/t14-,16-/m0/s1. The highest BCUT2D eigenvalue weighted by molar-refractivity contribution is 5.95. The number of carbonyl (C=O) groups is 2. The van der Waals surface area contributed by atoms with Crippen LogP contribution in [0.25, 0.3) is 0 Å². The summed E-state index contributed by atoms with van der Waals surface area (Å²) in [4.78, 5) is 24.6. The lowest BCUT2D eigenvalue weighted by atomic mass is 9.83. The fourth-order valence-corrected chi connectivity index (χ4v) is 2.96. The molecule has 2 rings (SSSR count). The van der Waals surface area contributed by atoms with E-state index in [2.05, 4.69) is 0 Å². The van der Waals surface area contributed by atoms with Gasteiger partial charge < -0.3 is 14.2 Å². The van der Waals surface area contributed by atoms with Crippen LogP contribution in [-0.2, 0) is 23.8 Å². The maximum absolute atomic E-state index is 12.3. The van der Waals surface area contributed by atoms with Crippen LogP contribution in [-0.4, -0.2) is 31.8 Å². The Morgan fingerprint density at radius 1 is 1.13 bits per heavy atom. The SMILES string of the molecule is CCOC(=O)C(C(=O)OCC)[C@@H]1CCO[C@H]1c1ccc(C)cc1. The molecule has 23 heavy (non-hydrogen) atoms. The molecule has 1 heterocycles. The summed E-state index contributed by atoms with van der Waals surface area (Å²) >= 11 is 0. The van der Waals surface area contributed by atoms with E-state index in [4.69, 9.17) is 14.2 Å². The molecule has 0 unspecified atom stereocenters. The maximum atomic E-state index is 12.3. The lowest BCUT2D eigenvalue weighted by Crippen LogP contribution is -2.35. The van der Waals surface area contributed by atoms with Gasteiger partial charge in [-0.25, -0.2) is 0 Å². The number of esters is 2. The van der Waals surface area contributed by atoms with Crippen LogP contribution in [0.15, 0.2) is 24.3 Å². The largest absolute Gasteiger partial charge is 0.465 e. The van der Waals surface area contributed by atoms with Gasteiger partial charge in [0, 0.05) is 12.5 Å². The minimum Gasteiger partial charge on any atom is -0.465 e. The quantitative estimate of drug-likeness (QED) is 0.596. The molecule has 1 fully saturated rings. The van der Waals surface area contributed by atoms with Crippen molar-refractivity contribution in [3.05, 3.63) is 35.4 Å². The van der Waals surface area contributed by atoms with E-state index in [0.717, 1.165) is 11.1 Å². The molecule has 0 bridgehead atoms. The summed E-state index contributed by atoms with van der Waals surface area (Å²) in [6, 6.07) is 7.95. The predicted octanol–water partition coefficient (Wildman–Crippen LogP) is 2.82. The predicted molar refractivity (Wildman–Crippen MR) is 84.7 cm³/mol. The van der Waals surface area contributed by atoms with Crippen molar-refractivity contribution in [1.82, 2.24) is 0 Å². The average Bonchev–Trinajstić information content (AvgIpc) is 2.98. The molecule has 5 nitrogen and oxygen atoms in total. The van der Waals surface area contributed by atoms with Gasteiger partial charge >= 0.3 is 11.9 Å². The Balaban J connectivity index is 2.26. The molecular weight excluding hydrogens is 296 g/mol. The van der Waals surface area contributed by atoms with Gasteiger partial charge in [-0.15, -0.1) is 0 Å². The van der Waals surface area contributed by atoms with E-state index in [1.54, 1.807) is 13.8 Å². The first kappa shape index (κ1) is 17.5. The Morgan fingerprint density at radius 2 is 1.70 bits per heavy atom. The molecule has 2 atom stereocenters. The van der Waals surface area contributed by atoms with Crippen LogP contribution in [0.2, 0.25) is 0 Å². The van der Waals surface area contributed by atoms with Crippen LogP contribution in [0.3, 0.4) is 0 Å². The zero-order valence-electron chi connectivity index (χ0n) is 13.9. The van der Waals surface area contributed by atoms with E-state index in [-0.39, 0.29) is 25.2 Å². The Morgan fingerprint density at radius 3 is 2.22 bits per heavy atom. The van der Waals surface area contributed by atoms with Crippen LogP contribution >= 0.6 is 0 Å². The Hall–Kier alpha value is -1.88. The second kappa shape index (κ2) is 8.11. The van der Waals surface area contributed by atoms with Crippen molar-refractivity contribution in [2.75, 3.05) is 19.8 Å². The minimum absolute atomic E-state index is 0.234. The molecule has 1 aliphatic rings. The molecule has 1 aliphatic heterocycles. The van der Waals surface area contributed by atoms with E-state index in [1.165, 1.54) is 0 Å². The zero-order valence-corrected chi connectivity index (χ0v) is 13.9. The first-order valence-corrected chi connectivity index (χ1v) is 8.09. The highest BCUT2D eigenvalue weighted by atomic mass is 16.6. The van der Waals surface area contributed by atoms with Gasteiger partial charge in [0.05, 0.1) is 19.3 Å². The van der Waals surface area contributed by atoms with E-state index in [9.17, 15) is 9.59 Å². The molecule has 126 valence electrons. The van der Waals surface area contributed by atoms with Gasteiger partial charge in [-0.05, 0) is 32.8 Å². The Bertz CT molecular complexity index is 519. The molecule has 0 aliphatic carbocycles. The van der Waals surface area contributed by atoms with E-state index >= 15 is 0 Å². The molecule has 1 aromatic rings. The van der Waals surface area contributed by atoms with Gasteiger partial charge in [-0.1, -0.05) is 29.8 Å². The van der Waals surface area contributed by atoms with Crippen molar-refractivity contribution >= 4 is 11.9 Å². The third-order valence-electron chi connectivity index (χ3n) is 4.05. The highest BCUT2D eigenvalue weighted by Gasteiger charge is 2.45. The second-order valence-electron chi connectivity index (χ2n) is 5.64. The lowest BCUT2D eigenvalue weighted by Gasteiger charge is -2.25. The first-order chi connectivity index (χ1) is 11.1. The van der Waals surface area contributed by atoms with Gasteiger partial charge in [0.25, 0.3) is 0 Å². The van der Waals surface area contributed by atoms with E-state index in [1.807, 2.05) is 31.2 Å². The van der Waals surface area contributed by atoms with Crippen LogP contribution in [0.1, 0.15) is 37.5 Å². The summed E-state index contributed by atoms with van der Waals surface area (Å²) in [5, 5.41) is 0. The van der Waals surface area contributed by atoms with Crippen molar-refractivity contribution < 1.29 is 23.8 Å². The van der Waals surface area contributed by atoms with Crippen molar-refractivity contribution in [2.45, 2.75) is 33.3 Å². The third kappa shape index (κ3) is 4.10. The number of aryl methyl sites for hydroxylation is 1. The summed E-state index contributed by atoms with van der Waals surface area (Å²) < 4.78 is 16.0. The minimum atomic E-state index is -0.941. The number of hydrogen-bond acceptors (Lipinski definition) is 5. The molecule has 1 saturated heterocycles. The number of benzene rings is 1. The maximum Gasteiger partial charge on any atom is 0.320 e. The third-order valence-corrected chi connectivity index (χ3v) is 4.05. The van der Waals surface area contributed by atoms with Crippen molar-refractivity contribution in [2.24, 2.45) is 11.8 Å². The topological polar surface area (TPSA) is 61.8 Å². The molecule has 0 aromatic heterocycles. The second-order valence-corrected chi connectivity index (χ2v) is 5.64. The van der Waals surface area contributed by atoms with Crippen molar-refractivity contribution in [3.8, 4) is 0 Å². The van der Waals surface area contributed by atoms with Gasteiger partial charge in [0.2, 0.25) is 0 Å². The summed E-state index contributed by atoms with van der Waals surface area (Å²) in [7, 11) is 0. The molecule has 0 saturated carbocycles. The summed E-state index contributed by atoms with van der Waals surface area (Å²) in [5.74, 6) is -2.27. The molecule has 0 spiro atoms. The van der Waals surface area contributed by atoms with Crippen LogP contribution in [0.4, 0.5) is 0 Å². The molecule has 1 aromatic carbocycles. The monoisotopic (exact) mass is 320 g/mol. The summed E-state index contributed by atoms with van der Waals surface area (Å²) in [6.45, 7) is 6.44. The number of carbonyl (C=O) groups excluding carboxylic acids is 2. The van der Waals surface area contributed by atoms with Crippen molar-refractivity contribution in [3.63, 3.8) is 0 Å². The molecule has 0 radical (unpaired) electrons. The lowest BCUT2D eigenvalue weighted by molar-refractivity contribution is -0.165. The van der Waals surface area contributed by atoms with Crippen LogP contribution in [0.5, 0.6) is 0 Å². The average molecular weight is 320 g/mol.